The molecule has 0 aromatic heterocycles. The Kier molecular flexibility index (Phi) is 4.52. The van der Waals surface area contributed by atoms with Crippen LogP contribution in [0.3, 0.4) is 0 Å². The summed E-state index contributed by atoms with van der Waals surface area (Å²) in [6.45, 7) is 0. The summed E-state index contributed by atoms with van der Waals surface area (Å²) in [5.41, 5.74) is 6.74. The zero-order valence-corrected chi connectivity index (χ0v) is 13.0. The number of amides is 1. The number of halogens is 2. The molecule has 2 aromatic carbocycles. The zero-order valence-electron chi connectivity index (χ0n) is 10.6. The lowest BCUT2D eigenvalue weighted by atomic mass is 10.2. The van der Waals surface area contributed by atoms with Crippen LogP contribution in [0.2, 0.25) is 5.02 Å². The molecule has 2 rings (SSSR count). The van der Waals surface area contributed by atoms with E-state index in [0.717, 1.165) is 4.47 Å². The first kappa shape index (κ1) is 14.7. The van der Waals surface area contributed by atoms with Crippen molar-refractivity contribution in [1.29, 1.82) is 0 Å². The fourth-order valence-corrected chi connectivity index (χ4v) is 2.08. The molecule has 0 radical (unpaired) electrons. The summed E-state index contributed by atoms with van der Waals surface area (Å²) in [6, 6.07) is 10.1. The quantitative estimate of drug-likeness (QED) is 0.822. The van der Waals surface area contributed by atoms with E-state index in [2.05, 4.69) is 21.2 Å². The maximum Gasteiger partial charge on any atom is 0.251 e. The molecular weight excluding hydrogens is 344 g/mol. The minimum atomic E-state index is -0.213. The van der Waals surface area contributed by atoms with Crippen LogP contribution in [0.4, 0.5) is 5.69 Å². The van der Waals surface area contributed by atoms with Gasteiger partial charge in [0.05, 0.1) is 10.7 Å². The van der Waals surface area contributed by atoms with Gasteiger partial charge in [0, 0.05) is 17.1 Å². The smallest absolute Gasteiger partial charge is 0.251 e. The zero-order chi connectivity index (χ0) is 14.7. The summed E-state index contributed by atoms with van der Waals surface area (Å²) in [4.78, 5) is 11.6. The van der Waals surface area contributed by atoms with Gasteiger partial charge in [0.15, 0.2) is 5.75 Å². The molecule has 0 bridgehead atoms. The second-order valence-corrected chi connectivity index (χ2v) is 5.33. The maximum atomic E-state index is 11.6. The van der Waals surface area contributed by atoms with Crippen LogP contribution in [0.1, 0.15) is 10.4 Å². The van der Waals surface area contributed by atoms with E-state index < -0.39 is 0 Å². The summed E-state index contributed by atoms with van der Waals surface area (Å²) in [6.07, 6.45) is 0. The van der Waals surface area contributed by atoms with E-state index in [9.17, 15) is 4.79 Å². The van der Waals surface area contributed by atoms with Crippen molar-refractivity contribution < 1.29 is 9.53 Å². The summed E-state index contributed by atoms with van der Waals surface area (Å²) in [7, 11) is 1.56. The Hall–Kier alpha value is -1.72. The molecule has 4 nitrogen and oxygen atoms in total. The van der Waals surface area contributed by atoms with Crippen LogP contribution in [0.5, 0.6) is 11.5 Å². The Balaban J connectivity index is 2.37. The van der Waals surface area contributed by atoms with Crippen molar-refractivity contribution in [2.24, 2.45) is 0 Å². The Bertz CT molecular complexity index is 662. The summed E-state index contributed by atoms with van der Waals surface area (Å²) >= 11 is 9.41. The molecule has 0 spiro atoms. The van der Waals surface area contributed by atoms with Crippen LogP contribution < -0.4 is 15.8 Å². The molecular formula is C14H12BrClN2O2. The van der Waals surface area contributed by atoms with E-state index in [-0.39, 0.29) is 5.91 Å². The average Bonchev–Trinajstić information content (AvgIpc) is 2.44. The lowest BCUT2D eigenvalue weighted by molar-refractivity contribution is 0.0963. The third kappa shape index (κ3) is 3.23. The van der Waals surface area contributed by atoms with Gasteiger partial charge in [-0.05, 0) is 36.4 Å². The van der Waals surface area contributed by atoms with Crippen molar-refractivity contribution in [3.8, 4) is 11.5 Å². The van der Waals surface area contributed by atoms with E-state index >= 15 is 0 Å². The van der Waals surface area contributed by atoms with Gasteiger partial charge in [0.1, 0.15) is 5.75 Å². The van der Waals surface area contributed by atoms with E-state index in [1.54, 1.807) is 43.4 Å². The van der Waals surface area contributed by atoms with Gasteiger partial charge in [0.25, 0.3) is 5.91 Å². The van der Waals surface area contributed by atoms with Crippen molar-refractivity contribution >= 4 is 39.1 Å². The van der Waals surface area contributed by atoms with E-state index in [0.29, 0.717) is 27.8 Å². The highest BCUT2D eigenvalue weighted by Crippen LogP contribution is 2.34. The number of nitrogens with one attached hydrogen (secondary N) is 1. The number of nitrogen functional groups attached to an aromatic ring is 1. The van der Waals surface area contributed by atoms with E-state index in [1.165, 1.54) is 0 Å². The predicted molar refractivity (Wildman–Crippen MR) is 83.5 cm³/mol. The number of carbonyl (C=O) groups is 1. The van der Waals surface area contributed by atoms with Crippen LogP contribution in [0.15, 0.2) is 40.9 Å². The molecule has 0 saturated carbocycles. The maximum absolute atomic E-state index is 11.6. The van der Waals surface area contributed by atoms with Crippen LogP contribution >= 0.6 is 27.5 Å². The lowest BCUT2D eigenvalue weighted by Crippen LogP contribution is -2.17. The molecule has 0 aliphatic rings. The van der Waals surface area contributed by atoms with Crippen molar-refractivity contribution in [3.63, 3.8) is 0 Å². The Morgan fingerprint density at radius 1 is 1.25 bits per heavy atom. The van der Waals surface area contributed by atoms with E-state index in [1.807, 2.05) is 0 Å². The molecule has 0 saturated heterocycles. The highest BCUT2D eigenvalue weighted by atomic mass is 79.9. The molecule has 6 heteroatoms. The summed E-state index contributed by atoms with van der Waals surface area (Å²) in [5.74, 6) is 0.628. The molecule has 104 valence electrons. The molecule has 20 heavy (non-hydrogen) atoms. The average molecular weight is 356 g/mol. The number of hydrogen-bond donors (Lipinski definition) is 2. The number of nitrogens with two attached hydrogens (primary N) is 1. The van der Waals surface area contributed by atoms with Gasteiger partial charge < -0.3 is 15.8 Å². The first-order valence-corrected chi connectivity index (χ1v) is 6.93. The Morgan fingerprint density at radius 2 is 2.00 bits per heavy atom. The van der Waals surface area contributed by atoms with Crippen molar-refractivity contribution in [3.05, 3.63) is 51.5 Å². The first-order chi connectivity index (χ1) is 9.51. The van der Waals surface area contributed by atoms with Gasteiger partial charge in [0.2, 0.25) is 0 Å². The van der Waals surface area contributed by atoms with Gasteiger partial charge in [-0.15, -0.1) is 0 Å². The number of benzene rings is 2. The number of carbonyl (C=O) groups excluding carboxylic acids is 1. The largest absolute Gasteiger partial charge is 0.454 e. The SMILES string of the molecule is CNC(=O)c1ccc(N)c(Oc2cc(Br)ccc2Cl)c1. The lowest BCUT2D eigenvalue weighted by Gasteiger charge is -2.11. The molecule has 0 aliphatic heterocycles. The monoisotopic (exact) mass is 354 g/mol. The van der Waals surface area contributed by atoms with Gasteiger partial charge >= 0.3 is 0 Å². The number of hydrogen-bond acceptors (Lipinski definition) is 3. The molecule has 2 aromatic rings. The Labute approximate surface area is 130 Å². The van der Waals surface area contributed by atoms with Crippen LogP contribution in [0.25, 0.3) is 0 Å². The molecule has 0 aliphatic carbocycles. The topological polar surface area (TPSA) is 64.4 Å². The van der Waals surface area contributed by atoms with Gasteiger partial charge in [-0.3, -0.25) is 4.79 Å². The second kappa shape index (κ2) is 6.15. The van der Waals surface area contributed by atoms with Gasteiger partial charge in [-0.1, -0.05) is 27.5 Å². The minimum absolute atomic E-state index is 0.213. The van der Waals surface area contributed by atoms with Gasteiger partial charge in [-0.2, -0.15) is 0 Å². The highest BCUT2D eigenvalue weighted by molar-refractivity contribution is 9.10. The molecule has 1 amide bonds. The normalized spacial score (nSPS) is 10.2. The molecule has 0 unspecified atom stereocenters. The third-order valence-electron chi connectivity index (χ3n) is 2.62. The van der Waals surface area contributed by atoms with Crippen LogP contribution in [0, 0.1) is 0 Å². The van der Waals surface area contributed by atoms with Crippen molar-refractivity contribution in [1.82, 2.24) is 5.32 Å². The predicted octanol–water partition coefficient (Wildman–Crippen LogP) is 3.84. The summed E-state index contributed by atoms with van der Waals surface area (Å²) in [5, 5.41) is 3.00. The number of anilines is 1. The third-order valence-corrected chi connectivity index (χ3v) is 3.42. The highest BCUT2D eigenvalue weighted by Gasteiger charge is 2.10. The minimum Gasteiger partial charge on any atom is -0.454 e. The van der Waals surface area contributed by atoms with Gasteiger partial charge in [-0.25, -0.2) is 0 Å². The number of ether oxygens (including phenoxy) is 1. The summed E-state index contributed by atoms with van der Waals surface area (Å²) < 4.78 is 6.52. The fourth-order valence-electron chi connectivity index (χ4n) is 1.58. The van der Waals surface area contributed by atoms with Crippen molar-refractivity contribution in [2.75, 3.05) is 12.8 Å². The second-order valence-electron chi connectivity index (χ2n) is 4.01. The number of rotatable bonds is 3. The molecule has 0 atom stereocenters. The molecule has 0 fully saturated rings. The van der Waals surface area contributed by atoms with Crippen LogP contribution in [-0.2, 0) is 0 Å². The van der Waals surface area contributed by atoms with Crippen molar-refractivity contribution in [2.45, 2.75) is 0 Å². The van der Waals surface area contributed by atoms with E-state index in [4.69, 9.17) is 22.1 Å². The Morgan fingerprint density at radius 3 is 2.70 bits per heavy atom. The first-order valence-electron chi connectivity index (χ1n) is 5.76. The molecule has 0 heterocycles. The molecule has 3 N–H and O–H groups in total. The fraction of sp³-hybridized carbons (Fsp3) is 0.0714. The van der Waals surface area contributed by atoms with Crippen LogP contribution in [-0.4, -0.2) is 13.0 Å². The standard InChI is InChI=1S/C14H12BrClN2O2/c1-18-14(19)8-2-5-11(17)13(6-8)20-12-7-9(15)3-4-10(12)16/h2-7H,17H2,1H3,(H,18,19).